The summed E-state index contributed by atoms with van der Waals surface area (Å²) in [4.78, 5) is 1.41. The third kappa shape index (κ3) is 2.48. The Morgan fingerprint density at radius 2 is 2.38 bits per heavy atom. The first kappa shape index (κ1) is 10.1. The molecule has 1 rings (SSSR count). The van der Waals surface area contributed by atoms with Gasteiger partial charge in [0, 0.05) is 19.5 Å². The average Bonchev–Trinajstić information content (AvgIpc) is 2.34. The lowest BCUT2D eigenvalue weighted by Crippen LogP contribution is -2.41. The molecule has 0 aliphatic rings. The molecule has 0 saturated heterocycles. The minimum atomic E-state index is -1.42. The lowest BCUT2D eigenvalue weighted by Gasteiger charge is -2.22. The zero-order chi connectivity index (χ0) is 10.1. The zero-order valence-electron chi connectivity index (χ0n) is 8.16. The van der Waals surface area contributed by atoms with Gasteiger partial charge in [-0.2, -0.15) is 15.0 Å². The Morgan fingerprint density at radius 3 is 2.77 bits per heavy atom. The summed E-state index contributed by atoms with van der Waals surface area (Å²) in [5.41, 5.74) is 4.70. The molecule has 0 radical (unpaired) electrons. The van der Waals surface area contributed by atoms with Crippen molar-refractivity contribution in [3.8, 4) is 0 Å². The van der Waals surface area contributed by atoms with Crippen molar-refractivity contribution in [2.24, 2.45) is 12.8 Å². The number of rotatable bonds is 3. The fourth-order valence-corrected chi connectivity index (χ4v) is 0.984. The first-order valence-electron chi connectivity index (χ1n) is 4.21. The Bertz CT molecular complexity index is 279. The smallest absolute Gasteiger partial charge is 0.128 e. The van der Waals surface area contributed by atoms with Crippen molar-refractivity contribution in [2.75, 3.05) is 0 Å². The topological polar surface area (TPSA) is 56.7 Å². The summed E-state index contributed by atoms with van der Waals surface area (Å²) in [6, 6.07) is -0.505. The van der Waals surface area contributed by atoms with Gasteiger partial charge >= 0.3 is 0 Å². The van der Waals surface area contributed by atoms with Crippen molar-refractivity contribution < 1.29 is 4.39 Å². The second-order valence-electron chi connectivity index (χ2n) is 3.57. The van der Waals surface area contributed by atoms with Crippen LogP contribution in [0.15, 0.2) is 6.20 Å². The molecule has 1 aromatic rings. The van der Waals surface area contributed by atoms with Gasteiger partial charge in [0.05, 0.1) is 11.9 Å². The van der Waals surface area contributed by atoms with Crippen LogP contribution in [0.2, 0.25) is 0 Å². The third-order valence-corrected chi connectivity index (χ3v) is 2.12. The second kappa shape index (κ2) is 3.41. The Hall–Kier alpha value is -0.970. The molecule has 1 heterocycles. The van der Waals surface area contributed by atoms with Crippen LogP contribution >= 0.6 is 0 Å². The molecular weight excluding hydrogens is 171 g/mol. The Balaban J connectivity index is 2.68. The van der Waals surface area contributed by atoms with Crippen LogP contribution in [0.5, 0.6) is 0 Å². The number of alkyl halides is 1. The van der Waals surface area contributed by atoms with Crippen LogP contribution in [0.3, 0.4) is 0 Å². The van der Waals surface area contributed by atoms with Gasteiger partial charge in [0.25, 0.3) is 0 Å². The Kier molecular flexibility index (Phi) is 2.66. The van der Waals surface area contributed by atoms with Crippen LogP contribution in [0.1, 0.15) is 19.5 Å². The molecule has 0 spiro atoms. The zero-order valence-corrected chi connectivity index (χ0v) is 8.16. The molecule has 0 saturated carbocycles. The number of aryl methyl sites for hydroxylation is 1. The van der Waals surface area contributed by atoms with Crippen molar-refractivity contribution in [2.45, 2.75) is 32.0 Å². The Morgan fingerprint density at radius 1 is 1.77 bits per heavy atom. The second-order valence-corrected chi connectivity index (χ2v) is 3.57. The molecule has 5 heteroatoms. The molecular formula is C8H15FN4. The maximum absolute atomic E-state index is 13.7. The van der Waals surface area contributed by atoms with E-state index in [0.717, 1.165) is 0 Å². The molecule has 0 bridgehead atoms. The summed E-state index contributed by atoms with van der Waals surface area (Å²) in [5, 5.41) is 7.85. The van der Waals surface area contributed by atoms with Gasteiger partial charge in [-0.1, -0.05) is 0 Å². The summed E-state index contributed by atoms with van der Waals surface area (Å²) in [6.45, 7) is 3.13. The first-order valence-corrected chi connectivity index (χ1v) is 4.21. The predicted molar refractivity (Wildman–Crippen MR) is 47.9 cm³/mol. The lowest BCUT2D eigenvalue weighted by molar-refractivity contribution is 0.155. The van der Waals surface area contributed by atoms with Crippen LogP contribution < -0.4 is 5.73 Å². The summed E-state index contributed by atoms with van der Waals surface area (Å²) in [6.07, 6.45) is 1.76. The van der Waals surface area contributed by atoms with Crippen LogP contribution in [0.4, 0.5) is 4.39 Å². The van der Waals surface area contributed by atoms with Gasteiger partial charge in [-0.3, -0.25) is 0 Å². The van der Waals surface area contributed by atoms with E-state index in [-0.39, 0.29) is 6.42 Å². The fourth-order valence-electron chi connectivity index (χ4n) is 0.984. The minimum Gasteiger partial charge on any atom is -0.325 e. The van der Waals surface area contributed by atoms with Crippen molar-refractivity contribution in [3.63, 3.8) is 0 Å². The van der Waals surface area contributed by atoms with E-state index < -0.39 is 11.7 Å². The van der Waals surface area contributed by atoms with Crippen molar-refractivity contribution in [1.29, 1.82) is 0 Å². The van der Waals surface area contributed by atoms with Crippen molar-refractivity contribution in [3.05, 3.63) is 11.9 Å². The minimum absolute atomic E-state index is 0.207. The summed E-state index contributed by atoms with van der Waals surface area (Å²) < 4.78 is 13.7. The van der Waals surface area contributed by atoms with Gasteiger partial charge in [0.15, 0.2) is 0 Å². The highest BCUT2D eigenvalue weighted by Crippen LogP contribution is 2.18. The van der Waals surface area contributed by atoms with Gasteiger partial charge in [0.1, 0.15) is 5.67 Å². The largest absolute Gasteiger partial charge is 0.325 e. The molecule has 13 heavy (non-hydrogen) atoms. The first-order chi connectivity index (χ1) is 5.92. The molecule has 0 aliphatic heterocycles. The molecule has 1 aromatic heterocycles. The van der Waals surface area contributed by atoms with Crippen LogP contribution in [-0.2, 0) is 13.5 Å². The molecule has 0 fully saturated rings. The van der Waals surface area contributed by atoms with E-state index in [2.05, 4.69) is 10.2 Å². The quantitative estimate of drug-likeness (QED) is 0.745. The van der Waals surface area contributed by atoms with E-state index in [1.54, 1.807) is 20.2 Å². The molecule has 0 aliphatic carbocycles. The maximum Gasteiger partial charge on any atom is 0.128 e. The number of nitrogens with two attached hydrogens (primary N) is 1. The number of hydrogen-bond acceptors (Lipinski definition) is 3. The summed E-state index contributed by atoms with van der Waals surface area (Å²) >= 11 is 0. The van der Waals surface area contributed by atoms with Gasteiger partial charge < -0.3 is 5.73 Å². The fraction of sp³-hybridized carbons (Fsp3) is 0.750. The van der Waals surface area contributed by atoms with Crippen molar-refractivity contribution >= 4 is 0 Å². The average molecular weight is 186 g/mol. The predicted octanol–water partition coefficient (Wildman–Crippen LogP) is 0.433. The normalized spacial score (nSPS) is 18.2. The molecule has 2 N–H and O–H groups in total. The van der Waals surface area contributed by atoms with E-state index in [0.29, 0.717) is 5.69 Å². The van der Waals surface area contributed by atoms with Crippen LogP contribution in [-0.4, -0.2) is 26.7 Å². The van der Waals surface area contributed by atoms with Crippen LogP contribution in [0, 0.1) is 0 Å². The standard InChI is InChI=1S/C8H15FN4/c1-6(10)8(2,9)4-7-5-11-13(3)12-7/h5-6H,4,10H2,1-3H3. The molecule has 2 atom stereocenters. The highest BCUT2D eigenvalue weighted by atomic mass is 19.1. The lowest BCUT2D eigenvalue weighted by atomic mass is 9.95. The maximum atomic E-state index is 13.7. The third-order valence-electron chi connectivity index (χ3n) is 2.12. The van der Waals surface area contributed by atoms with Gasteiger partial charge in [-0.15, -0.1) is 0 Å². The number of hydrogen-bond donors (Lipinski definition) is 1. The SMILES string of the molecule is CC(N)C(C)(F)Cc1cnn(C)n1. The highest BCUT2D eigenvalue weighted by molar-refractivity contribution is 5.00. The van der Waals surface area contributed by atoms with E-state index in [4.69, 9.17) is 5.73 Å². The monoisotopic (exact) mass is 186 g/mol. The van der Waals surface area contributed by atoms with E-state index in [1.807, 2.05) is 0 Å². The molecule has 0 amide bonds. The van der Waals surface area contributed by atoms with Gasteiger partial charge in [0.2, 0.25) is 0 Å². The number of aromatic nitrogens is 3. The number of halogens is 1. The molecule has 74 valence electrons. The molecule has 4 nitrogen and oxygen atoms in total. The van der Waals surface area contributed by atoms with Gasteiger partial charge in [-0.05, 0) is 13.8 Å². The summed E-state index contributed by atoms with van der Waals surface area (Å²) in [5.74, 6) is 0. The Labute approximate surface area is 76.9 Å². The van der Waals surface area contributed by atoms with Crippen molar-refractivity contribution in [1.82, 2.24) is 15.0 Å². The van der Waals surface area contributed by atoms with E-state index >= 15 is 0 Å². The molecule has 2 unspecified atom stereocenters. The van der Waals surface area contributed by atoms with Crippen LogP contribution in [0.25, 0.3) is 0 Å². The highest BCUT2D eigenvalue weighted by Gasteiger charge is 2.29. The molecule has 0 aromatic carbocycles. The van der Waals surface area contributed by atoms with Gasteiger partial charge in [-0.25, -0.2) is 4.39 Å². The van der Waals surface area contributed by atoms with E-state index in [9.17, 15) is 4.39 Å². The van der Waals surface area contributed by atoms with E-state index in [1.165, 1.54) is 11.7 Å². The summed E-state index contributed by atoms with van der Waals surface area (Å²) in [7, 11) is 1.70. The number of nitrogens with zero attached hydrogens (tertiary/aromatic N) is 3.